The lowest BCUT2D eigenvalue weighted by atomic mass is 9.93. The second-order valence-corrected chi connectivity index (χ2v) is 5.04. The maximum Gasteiger partial charge on any atom is 0.341 e. The molecular weight excluding hydrogens is 252 g/mol. The normalized spacial score (nSPS) is 16.7. The van der Waals surface area contributed by atoms with Gasteiger partial charge in [-0.3, -0.25) is 0 Å². The van der Waals surface area contributed by atoms with Crippen molar-refractivity contribution in [3.05, 3.63) is 65.2 Å². The Hall–Kier alpha value is -2.29. The Labute approximate surface area is 117 Å². The minimum Gasteiger partial charge on any atom is -0.482 e. The van der Waals surface area contributed by atoms with E-state index in [1.807, 2.05) is 24.3 Å². The molecule has 0 radical (unpaired) electrons. The molecule has 2 aromatic rings. The lowest BCUT2D eigenvalue weighted by Gasteiger charge is -2.13. The van der Waals surface area contributed by atoms with Crippen LogP contribution in [0.25, 0.3) is 0 Å². The van der Waals surface area contributed by atoms with E-state index in [4.69, 9.17) is 9.84 Å². The van der Waals surface area contributed by atoms with Gasteiger partial charge < -0.3 is 9.84 Å². The Balaban J connectivity index is 1.77. The minimum absolute atomic E-state index is 0.300. The number of hydrogen-bond acceptors (Lipinski definition) is 2. The third-order valence-electron chi connectivity index (χ3n) is 3.78. The summed E-state index contributed by atoms with van der Waals surface area (Å²) in [5.74, 6) is 0.0842. The Morgan fingerprint density at radius 1 is 1.15 bits per heavy atom. The van der Waals surface area contributed by atoms with Gasteiger partial charge in [-0.05, 0) is 41.7 Å². The molecule has 20 heavy (non-hydrogen) atoms. The molecule has 0 bridgehead atoms. The second kappa shape index (κ2) is 5.37. The van der Waals surface area contributed by atoms with Crippen LogP contribution < -0.4 is 4.74 Å². The van der Waals surface area contributed by atoms with Crippen molar-refractivity contribution in [2.45, 2.75) is 18.8 Å². The minimum atomic E-state index is -0.959. The maximum absolute atomic E-state index is 10.5. The molecule has 1 atom stereocenters. The van der Waals surface area contributed by atoms with Crippen molar-refractivity contribution in [3.63, 3.8) is 0 Å². The van der Waals surface area contributed by atoms with Crippen molar-refractivity contribution < 1.29 is 14.6 Å². The zero-order valence-electron chi connectivity index (χ0n) is 11.1. The van der Waals surface area contributed by atoms with Crippen LogP contribution in [0.2, 0.25) is 0 Å². The van der Waals surface area contributed by atoms with Crippen molar-refractivity contribution in [2.24, 2.45) is 0 Å². The van der Waals surface area contributed by atoms with E-state index in [1.54, 1.807) is 0 Å². The summed E-state index contributed by atoms with van der Waals surface area (Å²) in [4.78, 5) is 10.5. The summed E-state index contributed by atoms with van der Waals surface area (Å²) in [6.07, 6.45) is 2.26. The Kier molecular flexibility index (Phi) is 3.42. The van der Waals surface area contributed by atoms with Crippen LogP contribution in [0.4, 0.5) is 0 Å². The lowest BCUT2D eigenvalue weighted by Crippen LogP contribution is -2.09. The number of aliphatic carboxylic acids is 1. The largest absolute Gasteiger partial charge is 0.482 e. The van der Waals surface area contributed by atoms with Crippen molar-refractivity contribution >= 4 is 5.97 Å². The molecule has 102 valence electrons. The first-order valence-electron chi connectivity index (χ1n) is 6.76. The van der Waals surface area contributed by atoms with Gasteiger partial charge >= 0.3 is 5.97 Å². The molecule has 1 aliphatic carbocycles. The second-order valence-electron chi connectivity index (χ2n) is 5.04. The van der Waals surface area contributed by atoms with E-state index < -0.39 is 5.97 Å². The first-order chi connectivity index (χ1) is 9.74. The standard InChI is InChI=1S/C17H16O3/c18-17(19)11-20-14-8-5-13(6-9-14)16-10-7-12-3-1-2-4-15(12)16/h1-6,8-9,16H,7,10-11H2,(H,18,19). The first-order valence-corrected chi connectivity index (χ1v) is 6.76. The summed E-state index contributed by atoms with van der Waals surface area (Å²) in [5, 5.41) is 8.59. The average molecular weight is 268 g/mol. The summed E-state index contributed by atoms with van der Waals surface area (Å²) in [6.45, 7) is -0.300. The third kappa shape index (κ3) is 2.52. The van der Waals surface area contributed by atoms with E-state index in [1.165, 1.54) is 16.7 Å². The van der Waals surface area contributed by atoms with E-state index in [0.29, 0.717) is 11.7 Å². The van der Waals surface area contributed by atoms with Crippen LogP contribution in [0.1, 0.15) is 29.0 Å². The number of rotatable bonds is 4. The Morgan fingerprint density at radius 2 is 1.90 bits per heavy atom. The van der Waals surface area contributed by atoms with Gasteiger partial charge in [0.05, 0.1) is 0 Å². The van der Waals surface area contributed by atoms with Gasteiger partial charge in [0.2, 0.25) is 0 Å². The summed E-state index contributed by atoms with van der Waals surface area (Å²) in [6, 6.07) is 16.3. The molecule has 1 unspecified atom stereocenters. The van der Waals surface area contributed by atoms with E-state index in [0.717, 1.165) is 12.8 Å². The summed E-state index contributed by atoms with van der Waals surface area (Å²) in [5.41, 5.74) is 4.10. The molecule has 0 amide bonds. The Morgan fingerprint density at radius 3 is 2.65 bits per heavy atom. The molecule has 0 saturated carbocycles. The van der Waals surface area contributed by atoms with Crippen molar-refractivity contribution in [1.29, 1.82) is 0 Å². The highest BCUT2D eigenvalue weighted by Gasteiger charge is 2.23. The number of hydrogen-bond donors (Lipinski definition) is 1. The van der Waals surface area contributed by atoms with Crippen molar-refractivity contribution in [1.82, 2.24) is 0 Å². The van der Waals surface area contributed by atoms with E-state index in [9.17, 15) is 4.79 Å². The van der Waals surface area contributed by atoms with E-state index >= 15 is 0 Å². The van der Waals surface area contributed by atoms with Crippen LogP contribution in [0, 0.1) is 0 Å². The van der Waals surface area contributed by atoms with Crippen molar-refractivity contribution in [3.8, 4) is 5.75 Å². The average Bonchev–Trinajstić information content (AvgIpc) is 2.89. The van der Waals surface area contributed by atoms with Gasteiger partial charge in [0.1, 0.15) is 5.75 Å². The van der Waals surface area contributed by atoms with Crippen LogP contribution in [-0.4, -0.2) is 17.7 Å². The monoisotopic (exact) mass is 268 g/mol. The summed E-state index contributed by atoms with van der Waals surface area (Å²) < 4.78 is 5.15. The number of ether oxygens (including phenoxy) is 1. The number of aryl methyl sites for hydroxylation is 1. The third-order valence-corrected chi connectivity index (χ3v) is 3.78. The van der Waals surface area contributed by atoms with Gasteiger partial charge in [0, 0.05) is 5.92 Å². The van der Waals surface area contributed by atoms with Gasteiger partial charge in [-0.1, -0.05) is 36.4 Å². The number of carbonyl (C=O) groups is 1. The molecule has 0 saturated heterocycles. The van der Waals surface area contributed by atoms with Crippen LogP contribution in [0.3, 0.4) is 0 Å². The van der Waals surface area contributed by atoms with Crippen LogP contribution in [0.15, 0.2) is 48.5 Å². The number of carboxylic acid groups (broad SMARTS) is 1. The molecule has 3 heteroatoms. The molecule has 3 nitrogen and oxygen atoms in total. The fourth-order valence-electron chi connectivity index (χ4n) is 2.84. The maximum atomic E-state index is 10.5. The highest BCUT2D eigenvalue weighted by Crippen LogP contribution is 2.38. The van der Waals surface area contributed by atoms with Crippen LogP contribution >= 0.6 is 0 Å². The van der Waals surface area contributed by atoms with Crippen LogP contribution in [0.5, 0.6) is 5.75 Å². The molecule has 0 spiro atoms. The summed E-state index contributed by atoms with van der Waals surface area (Å²) >= 11 is 0. The molecular formula is C17H16O3. The fourth-order valence-corrected chi connectivity index (χ4v) is 2.84. The number of carboxylic acids is 1. The quantitative estimate of drug-likeness (QED) is 0.926. The SMILES string of the molecule is O=C(O)COc1ccc(C2CCc3ccccc32)cc1. The predicted octanol–water partition coefficient (Wildman–Crippen LogP) is 3.23. The molecule has 0 heterocycles. The highest BCUT2D eigenvalue weighted by atomic mass is 16.5. The van der Waals surface area contributed by atoms with E-state index in [-0.39, 0.29) is 6.61 Å². The molecule has 1 aliphatic rings. The molecule has 3 rings (SSSR count). The highest BCUT2D eigenvalue weighted by molar-refractivity contribution is 5.68. The van der Waals surface area contributed by atoms with Crippen LogP contribution in [-0.2, 0) is 11.2 Å². The predicted molar refractivity (Wildman–Crippen MR) is 76.2 cm³/mol. The number of benzene rings is 2. The number of fused-ring (bicyclic) bond motifs is 1. The molecule has 2 aromatic carbocycles. The van der Waals surface area contributed by atoms with Gasteiger partial charge in [-0.25, -0.2) is 4.79 Å². The topological polar surface area (TPSA) is 46.5 Å². The van der Waals surface area contributed by atoms with Crippen molar-refractivity contribution in [2.75, 3.05) is 6.61 Å². The van der Waals surface area contributed by atoms with Gasteiger partial charge in [0.15, 0.2) is 6.61 Å². The molecule has 0 fully saturated rings. The van der Waals surface area contributed by atoms with Gasteiger partial charge in [-0.2, -0.15) is 0 Å². The van der Waals surface area contributed by atoms with E-state index in [2.05, 4.69) is 24.3 Å². The van der Waals surface area contributed by atoms with Gasteiger partial charge in [0.25, 0.3) is 0 Å². The lowest BCUT2D eigenvalue weighted by molar-refractivity contribution is -0.139. The zero-order chi connectivity index (χ0) is 13.9. The Bertz CT molecular complexity index is 616. The molecule has 1 N–H and O–H groups in total. The fraction of sp³-hybridized carbons (Fsp3) is 0.235. The zero-order valence-corrected chi connectivity index (χ0v) is 11.1. The molecule has 0 aromatic heterocycles. The smallest absolute Gasteiger partial charge is 0.341 e. The first kappa shape index (κ1) is 12.7. The summed E-state index contributed by atoms with van der Waals surface area (Å²) in [7, 11) is 0. The van der Waals surface area contributed by atoms with Gasteiger partial charge in [-0.15, -0.1) is 0 Å². The molecule has 0 aliphatic heterocycles.